The Morgan fingerprint density at radius 3 is 2.61 bits per heavy atom. The van der Waals surface area contributed by atoms with E-state index in [1.807, 2.05) is 6.92 Å². The number of halogens is 1. The van der Waals surface area contributed by atoms with Gasteiger partial charge in [-0.1, -0.05) is 12.1 Å². The van der Waals surface area contributed by atoms with E-state index in [-0.39, 0.29) is 17.8 Å². The van der Waals surface area contributed by atoms with Gasteiger partial charge in [0.1, 0.15) is 11.6 Å². The highest BCUT2D eigenvalue weighted by Gasteiger charge is 2.21. The third-order valence-electron chi connectivity index (χ3n) is 4.15. The lowest BCUT2D eigenvalue weighted by Crippen LogP contribution is -2.30. The van der Waals surface area contributed by atoms with Crippen LogP contribution in [-0.2, 0) is 0 Å². The van der Waals surface area contributed by atoms with Gasteiger partial charge in [-0.25, -0.2) is 9.37 Å². The molecule has 2 heterocycles. The van der Waals surface area contributed by atoms with Crippen molar-refractivity contribution in [2.75, 3.05) is 18.0 Å². The molecule has 1 aliphatic heterocycles. The van der Waals surface area contributed by atoms with E-state index in [0.717, 1.165) is 37.3 Å². The molecule has 1 N–H and O–H groups in total. The van der Waals surface area contributed by atoms with Gasteiger partial charge in [-0.2, -0.15) is 0 Å². The normalized spacial score (nSPS) is 15.5. The highest BCUT2D eigenvalue weighted by Crippen LogP contribution is 2.23. The van der Waals surface area contributed by atoms with Gasteiger partial charge in [0.15, 0.2) is 0 Å². The Bertz CT molecular complexity index is 681. The molecule has 1 amide bonds. The quantitative estimate of drug-likeness (QED) is 0.942. The molecular formula is C18H20FN3O. The summed E-state index contributed by atoms with van der Waals surface area (Å²) in [5.41, 5.74) is 1.45. The van der Waals surface area contributed by atoms with E-state index in [2.05, 4.69) is 15.2 Å². The van der Waals surface area contributed by atoms with Crippen molar-refractivity contribution >= 4 is 11.7 Å². The van der Waals surface area contributed by atoms with E-state index < -0.39 is 0 Å². The molecule has 1 aromatic carbocycles. The maximum absolute atomic E-state index is 13.0. The molecule has 0 spiro atoms. The Balaban J connectivity index is 1.76. The zero-order chi connectivity index (χ0) is 16.2. The third kappa shape index (κ3) is 3.50. The van der Waals surface area contributed by atoms with Gasteiger partial charge in [0.2, 0.25) is 0 Å². The largest absolute Gasteiger partial charge is 0.356 e. The van der Waals surface area contributed by atoms with Crippen molar-refractivity contribution in [1.82, 2.24) is 10.3 Å². The first-order valence-electron chi connectivity index (χ1n) is 7.91. The number of hydrogen-bond donors (Lipinski definition) is 1. The lowest BCUT2D eigenvalue weighted by molar-refractivity contribution is 0.0940. The number of nitrogens with zero attached hydrogens (tertiary/aromatic N) is 2. The second-order valence-electron chi connectivity index (χ2n) is 5.82. The lowest BCUT2D eigenvalue weighted by atomic mass is 10.1. The summed E-state index contributed by atoms with van der Waals surface area (Å²) in [5, 5.41) is 2.97. The molecule has 5 heteroatoms. The minimum atomic E-state index is -0.282. The topological polar surface area (TPSA) is 45.2 Å². The van der Waals surface area contributed by atoms with Crippen molar-refractivity contribution in [3.8, 4) is 0 Å². The molecule has 4 nitrogen and oxygen atoms in total. The van der Waals surface area contributed by atoms with Crippen molar-refractivity contribution in [2.24, 2.45) is 0 Å². The van der Waals surface area contributed by atoms with Crippen LogP contribution in [-0.4, -0.2) is 24.0 Å². The molecule has 120 valence electrons. The summed E-state index contributed by atoms with van der Waals surface area (Å²) >= 11 is 0. The van der Waals surface area contributed by atoms with Crippen LogP contribution >= 0.6 is 0 Å². The van der Waals surface area contributed by atoms with Crippen LogP contribution in [0.25, 0.3) is 0 Å². The van der Waals surface area contributed by atoms with Gasteiger partial charge in [-0.15, -0.1) is 0 Å². The zero-order valence-electron chi connectivity index (χ0n) is 13.1. The molecule has 0 aliphatic carbocycles. The first-order chi connectivity index (χ1) is 11.1. The monoisotopic (exact) mass is 313 g/mol. The standard InChI is InChI=1S/C18H20FN3O/c1-13(14-6-8-15(19)9-7-14)21-18(23)16-5-4-10-20-17(16)22-11-2-3-12-22/h4-10,13H,2-3,11-12H2,1H3,(H,21,23). The molecule has 1 aliphatic rings. The number of rotatable bonds is 4. The van der Waals surface area contributed by atoms with E-state index in [4.69, 9.17) is 0 Å². The van der Waals surface area contributed by atoms with Crippen LogP contribution in [0.1, 0.15) is 41.7 Å². The van der Waals surface area contributed by atoms with Crippen LogP contribution in [0.2, 0.25) is 0 Å². The minimum Gasteiger partial charge on any atom is -0.356 e. The number of aromatic nitrogens is 1. The van der Waals surface area contributed by atoms with Gasteiger partial charge in [0, 0.05) is 19.3 Å². The molecule has 1 atom stereocenters. The van der Waals surface area contributed by atoms with Crippen LogP contribution in [0.5, 0.6) is 0 Å². The maximum Gasteiger partial charge on any atom is 0.255 e. The van der Waals surface area contributed by atoms with E-state index in [9.17, 15) is 9.18 Å². The SMILES string of the molecule is CC(NC(=O)c1cccnc1N1CCCC1)c1ccc(F)cc1. The predicted molar refractivity (Wildman–Crippen MR) is 88.0 cm³/mol. The molecule has 0 bridgehead atoms. The zero-order valence-corrected chi connectivity index (χ0v) is 13.1. The highest BCUT2D eigenvalue weighted by atomic mass is 19.1. The Morgan fingerprint density at radius 1 is 1.22 bits per heavy atom. The first-order valence-corrected chi connectivity index (χ1v) is 7.91. The first kappa shape index (κ1) is 15.5. The number of hydrogen-bond acceptors (Lipinski definition) is 3. The summed E-state index contributed by atoms with van der Waals surface area (Å²) in [7, 11) is 0. The average Bonchev–Trinajstić information content (AvgIpc) is 3.09. The summed E-state index contributed by atoms with van der Waals surface area (Å²) in [5.74, 6) is 0.307. The second kappa shape index (κ2) is 6.77. The fourth-order valence-corrected chi connectivity index (χ4v) is 2.86. The van der Waals surface area contributed by atoms with Crippen molar-refractivity contribution in [2.45, 2.75) is 25.8 Å². The fourth-order valence-electron chi connectivity index (χ4n) is 2.86. The molecule has 2 aromatic rings. The lowest BCUT2D eigenvalue weighted by Gasteiger charge is -2.21. The molecule has 0 radical (unpaired) electrons. The Morgan fingerprint density at radius 2 is 1.91 bits per heavy atom. The fraction of sp³-hybridized carbons (Fsp3) is 0.333. The third-order valence-corrected chi connectivity index (χ3v) is 4.15. The Hall–Kier alpha value is -2.43. The van der Waals surface area contributed by atoms with Gasteiger partial charge in [0.05, 0.1) is 11.6 Å². The van der Waals surface area contributed by atoms with Crippen LogP contribution in [0.15, 0.2) is 42.6 Å². The molecular weight excluding hydrogens is 293 g/mol. The van der Waals surface area contributed by atoms with Crippen molar-refractivity contribution in [3.63, 3.8) is 0 Å². The van der Waals surface area contributed by atoms with E-state index >= 15 is 0 Å². The van der Waals surface area contributed by atoms with E-state index in [1.165, 1.54) is 12.1 Å². The number of nitrogens with one attached hydrogen (secondary N) is 1. The number of benzene rings is 1. The summed E-state index contributed by atoms with van der Waals surface area (Å²) in [6.07, 6.45) is 3.97. The Kier molecular flexibility index (Phi) is 4.55. The predicted octanol–water partition coefficient (Wildman–Crippen LogP) is 3.31. The molecule has 1 fully saturated rings. The number of amides is 1. The molecule has 23 heavy (non-hydrogen) atoms. The molecule has 1 saturated heterocycles. The van der Waals surface area contributed by atoms with Gasteiger partial charge in [-0.3, -0.25) is 4.79 Å². The second-order valence-corrected chi connectivity index (χ2v) is 5.82. The number of carbonyl (C=O) groups excluding carboxylic acids is 1. The molecule has 0 saturated carbocycles. The highest BCUT2D eigenvalue weighted by molar-refractivity contribution is 5.99. The van der Waals surface area contributed by atoms with Crippen LogP contribution in [0, 0.1) is 5.82 Å². The van der Waals surface area contributed by atoms with Crippen LogP contribution < -0.4 is 10.2 Å². The van der Waals surface area contributed by atoms with Gasteiger partial charge >= 0.3 is 0 Å². The maximum atomic E-state index is 13.0. The van der Waals surface area contributed by atoms with Gasteiger partial charge < -0.3 is 10.2 Å². The van der Waals surface area contributed by atoms with Crippen molar-refractivity contribution in [3.05, 3.63) is 59.5 Å². The summed E-state index contributed by atoms with van der Waals surface area (Å²) in [4.78, 5) is 19.2. The summed E-state index contributed by atoms with van der Waals surface area (Å²) in [6.45, 7) is 3.76. The van der Waals surface area contributed by atoms with Crippen LogP contribution in [0.4, 0.5) is 10.2 Å². The average molecular weight is 313 g/mol. The molecule has 1 unspecified atom stereocenters. The van der Waals surface area contributed by atoms with Gasteiger partial charge in [0.25, 0.3) is 5.91 Å². The number of pyridine rings is 1. The summed E-state index contributed by atoms with van der Waals surface area (Å²) < 4.78 is 13.0. The van der Waals surface area contributed by atoms with E-state index in [1.54, 1.807) is 30.5 Å². The summed E-state index contributed by atoms with van der Waals surface area (Å²) in [6, 6.07) is 9.55. The smallest absolute Gasteiger partial charge is 0.255 e. The number of carbonyl (C=O) groups is 1. The minimum absolute atomic E-state index is 0.156. The Labute approximate surface area is 135 Å². The molecule has 1 aromatic heterocycles. The number of anilines is 1. The van der Waals surface area contributed by atoms with Gasteiger partial charge in [-0.05, 0) is 49.6 Å². The van der Waals surface area contributed by atoms with E-state index in [0.29, 0.717) is 5.56 Å². The van der Waals surface area contributed by atoms with Crippen molar-refractivity contribution < 1.29 is 9.18 Å². The van der Waals surface area contributed by atoms with Crippen LogP contribution in [0.3, 0.4) is 0 Å². The van der Waals surface area contributed by atoms with Crippen molar-refractivity contribution in [1.29, 1.82) is 0 Å². The molecule has 3 rings (SSSR count).